The predicted molar refractivity (Wildman–Crippen MR) is 103 cm³/mol. The Balaban J connectivity index is 1.68. The summed E-state index contributed by atoms with van der Waals surface area (Å²) in [4.78, 5) is 35.6. The third kappa shape index (κ3) is 7.36. The molecule has 0 radical (unpaired) electrons. The standard InChI is InChI=1S/C19H19F2N3O3S/c1-12(28-11-18(26)22-16-8-6-15(21)7-9-16)19(27)24-23-17(25)10-13-2-4-14(20)5-3-13/h2-9,12H,10-11H2,1H3,(H,22,26)(H,23,25)(H,24,27)/t12-/m1/s1. The minimum atomic E-state index is -0.593. The largest absolute Gasteiger partial charge is 0.325 e. The molecule has 9 heteroatoms. The van der Waals surface area contributed by atoms with E-state index in [4.69, 9.17) is 0 Å². The Morgan fingerprint density at radius 2 is 1.46 bits per heavy atom. The molecular weight excluding hydrogens is 388 g/mol. The molecule has 2 rings (SSSR count). The van der Waals surface area contributed by atoms with Crippen LogP contribution >= 0.6 is 11.8 Å². The van der Waals surface area contributed by atoms with Gasteiger partial charge in [-0.05, 0) is 48.9 Å². The SMILES string of the molecule is C[C@@H](SCC(=O)Nc1ccc(F)cc1)C(=O)NNC(=O)Cc1ccc(F)cc1. The van der Waals surface area contributed by atoms with Crippen LogP contribution in [0.1, 0.15) is 12.5 Å². The van der Waals surface area contributed by atoms with Crippen molar-refractivity contribution in [3.63, 3.8) is 0 Å². The zero-order valence-corrected chi connectivity index (χ0v) is 15.8. The van der Waals surface area contributed by atoms with Crippen LogP contribution in [0.15, 0.2) is 48.5 Å². The lowest BCUT2D eigenvalue weighted by Crippen LogP contribution is -2.45. The van der Waals surface area contributed by atoms with Gasteiger partial charge in [-0.25, -0.2) is 8.78 Å². The molecule has 2 aromatic rings. The van der Waals surface area contributed by atoms with E-state index in [0.717, 1.165) is 11.8 Å². The summed E-state index contributed by atoms with van der Waals surface area (Å²) in [5.41, 5.74) is 5.62. The summed E-state index contributed by atoms with van der Waals surface area (Å²) in [5.74, 6) is -2.05. The molecule has 3 N–H and O–H groups in total. The van der Waals surface area contributed by atoms with E-state index in [1.54, 1.807) is 6.92 Å². The normalized spacial score (nSPS) is 11.4. The highest BCUT2D eigenvalue weighted by Gasteiger charge is 2.16. The van der Waals surface area contributed by atoms with Gasteiger partial charge in [0.05, 0.1) is 17.4 Å². The number of benzene rings is 2. The summed E-state index contributed by atoms with van der Waals surface area (Å²) >= 11 is 1.08. The maximum Gasteiger partial charge on any atom is 0.251 e. The number of nitrogens with one attached hydrogen (secondary N) is 3. The zero-order chi connectivity index (χ0) is 20.5. The highest BCUT2D eigenvalue weighted by Crippen LogP contribution is 2.13. The second kappa shape index (κ2) is 10.4. The second-order valence-electron chi connectivity index (χ2n) is 5.85. The van der Waals surface area contributed by atoms with E-state index in [9.17, 15) is 23.2 Å². The van der Waals surface area contributed by atoms with Crippen LogP contribution in [0.2, 0.25) is 0 Å². The number of amides is 3. The van der Waals surface area contributed by atoms with Crippen molar-refractivity contribution >= 4 is 35.2 Å². The van der Waals surface area contributed by atoms with E-state index >= 15 is 0 Å². The Kier molecular flexibility index (Phi) is 7.94. The van der Waals surface area contributed by atoms with E-state index in [2.05, 4.69) is 16.2 Å². The number of carbonyl (C=O) groups excluding carboxylic acids is 3. The number of hydrazine groups is 1. The van der Waals surface area contributed by atoms with Crippen molar-refractivity contribution in [3.8, 4) is 0 Å². The van der Waals surface area contributed by atoms with Gasteiger partial charge in [-0.3, -0.25) is 25.2 Å². The van der Waals surface area contributed by atoms with Crippen LogP contribution in [0.5, 0.6) is 0 Å². The van der Waals surface area contributed by atoms with Crippen molar-refractivity contribution in [2.24, 2.45) is 0 Å². The summed E-state index contributed by atoms with van der Waals surface area (Å²) in [6.07, 6.45) is -0.0117. The monoisotopic (exact) mass is 407 g/mol. The fourth-order valence-electron chi connectivity index (χ4n) is 2.07. The van der Waals surface area contributed by atoms with Gasteiger partial charge in [0.2, 0.25) is 11.8 Å². The van der Waals surface area contributed by atoms with Crippen molar-refractivity contribution in [2.75, 3.05) is 11.1 Å². The lowest BCUT2D eigenvalue weighted by molar-refractivity contribution is -0.128. The molecule has 0 bridgehead atoms. The van der Waals surface area contributed by atoms with E-state index in [1.807, 2.05) is 0 Å². The molecule has 2 aromatic carbocycles. The fraction of sp³-hybridized carbons (Fsp3) is 0.211. The molecule has 6 nitrogen and oxygen atoms in total. The van der Waals surface area contributed by atoms with E-state index in [0.29, 0.717) is 11.3 Å². The molecule has 0 aliphatic rings. The Labute approximate surface area is 165 Å². The second-order valence-corrected chi connectivity index (χ2v) is 7.18. The van der Waals surface area contributed by atoms with Crippen molar-refractivity contribution in [1.29, 1.82) is 0 Å². The summed E-state index contributed by atoms with van der Waals surface area (Å²) < 4.78 is 25.7. The number of carbonyl (C=O) groups is 3. The molecule has 1 atom stereocenters. The highest BCUT2D eigenvalue weighted by atomic mass is 32.2. The highest BCUT2D eigenvalue weighted by molar-refractivity contribution is 8.01. The first-order valence-corrected chi connectivity index (χ1v) is 9.38. The van der Waals surface area contributed by atoms with Gasteiger partial charge < -0.3 is 5.32 Å². The summed E-state index contributed by atoms with van der Waals surface area (Å²) in [7, 11) is 0. The minimum Gasteiger partial charge on any atom is -0.325 e. The molecule has 0 aromatic heterocycles. The predicted octanol–water partition coefficient (Wildman–Crippen LogP) is 2.42. The minimum absolute atomic E-state index is 0.00941. The van der Waals surface area contributed by atoms with Crippen molar-refractivity contribution < 1.29 is 23.2 Å². The number of halogens is 2. The first-order valence-electron chi connectivity index (χ1n) is 8.33. The Bertz CT molecular complexity index is 829. The van der Waals surface area contributed by atoms with Crippen molar-refractivity contribution in [1.82, 2.24) is 10.9 Å². The van der Waals surface area contributed by atoms with Crippen molar-refractivity contribution in [3.05, 3.63) is 65.7 Å². The third-order valence-electron chi connectivity index (χ3n) is 3.56. The Morgan fingerprint density at radius 3 is 2.07 bits per heavy atom. The molecule has 0 saturated carbocycles. The molecule has 3 amide bonds. The van der Waals surface area contributed by atoms with Crippen LogP contribution in [0.3, 0.4) is 0 Å². The van der Waals surface area contributed by atoms with Crippen LogP contribution in [-0.4, -0.2) is 28.7 Å². The molecule has 0 unspecified atom stereocenters. The van der Waals surface area contributed by atoms with Gasteiger partial charge in [0, 0.05) is 5.69 Å². The number of anilines is 1. The molecule has 0 aliphatic carbocycles. The summed E-state index contributed by atoms with van der Waals surface area (Å²) in [6.45, 7) is 1.59. The van der Waals surface area contributed by atoms with Gasteiger partial charge in [-0.15, -0.1) is 11.8 Å². The average molecular weight is 407 g/mol. The third-order valence-corrected chi connectivity index (χ3v) is 4.71. The number of rotatable bonds is 7. The van der Waals surface area contributed by atoms with Crippen LogP contribution in [0.25, 0.3) is 0 Å². The molecule has 0 saturated heterocycles. The van der Waals surface area contributed by atoms with E-state index in [-0.39, 0.29) is 18.1 Å². The number of hydrogen-bond acceptors (Lipinski definition) is 4. The van der Waals surface area contributed by atoms with Gasteiger partial charge in [0.1, 0.15) is 11.6 Å². The lowest BCUT2D eigenvalue weighted by atomic mass is 10.1. The quantitative estimate of drug-likeness (QED) is 0.615. The van der Waals surface area contributed by atoms with E-state index < -0.39 is 28.7 Å². The van der Waals surface area contributed by atoms with E-state index in [1.165, 1.54) is 48.5 Å². The number of thioether (sulfide) groups is 1. The van der Waals surface area contributed by atoms with Crippen LogP contribution < -0.4 is 16.2 Å². The summed E-state index contributed by atoms with van der Waals surface area (Å²) in [6, 6.07) is 10.8. The van der Waals surface area contributed by atoms with Gasteiger partial charge in [-0.2, -0.15) is 0 Å². The topological polar surface area (TPSA) is 87.3 Å². The summed E-state index contributed by atoms with van der Waals surface area (Å²) in [5, 5.41) is 2.00. The molecule has 0 fully saturated rings. The average Bonchev–Trinajstić information content (AvgIpc) is 2.67. The van der Waals surface area contributed by atoms with Crippen LogP contribution in [-0.2, 0) is 20.8 Å². The number of hydrogen-bond donors (Lipinski definition) is 3. The fourth-order valence-corrected chi connectivity index (χ4v) is 2.76. The Morgan fingerprint density at radius 1 is 0.893 bits per heavy atom. The molecule has 0 spiro atoms. The maximum atomic E-state index is 12.8. The van der Waals surface area contributed by atoms with Gasteiger partial charge in [0.15, 0.2) is 0 Å². The van der Waals surface area contributed by atoms with Crippen molar-refractivity contribution in [2.45, 2.75) is 18.6 Å². The smallest absolute Gasteiger partial charge is 0.251 e. The molecule has 28 heavy (non-hydrogen) atoms. The molecular formula is C19H19F2N3O3S. The van der Waals surface area contributed by atoms with Crippen LogP contribution in [0.4, 0.5) is 14.5 Å². The zero-order valence-electron chi connectivity index (χ0n) is 15.0. The van der Waals surface area contributed by atoms with Gasteiger partial charge >= 0.3 is 0 Å². The van der Waals surface area contributed by atoms with Gasteiger partial charge in [-0.1, -0.05) is 12.1 Å². The molecule has 0 aliphatic heterocycles. The first-order chi connectivity index (χ1) is 13.3. The Hall–Kier alpha value is -2.94. The first kappa shape index (κ1) is 21.4. The maximum absolute atomic E-state index is 12.8. The molecule has 148 valence electrons. The molecule has 0 heterocycles. The van der Waals surface area contributed by atoms with Crippen LogP contribution in [0, 0.1) is 11.6 Å². The van der Waals surface area contributed by atoms with Gasteiger partial charge in [0.25, 0.3) is 5.91 Å². The lowest BCUT2D eigenvalue weighted by Gasteiger charge is -2.13.